The van der Waals surface area contributed by atoms with Gasteiger partial charge in [-0.15, -0.1) is 5.10 Å². The third-order valence-electron chi connectivity index (χ3n) is 8.10. The molecule has 0 aromatic carbocycles. The lowest BCUT2D eigenvalue weighted by atomic mass is 9.79. The summed E-state index contributed by atoms with van der Waals surface area (Å²) in [7, 11) is 0. The molecule has 38 heavy (non-hydrogen) atoms. The van der Waals surface area contributed by atoms with Gasteiger partial charge in [0.15, 0.2) is 5.65 Å². The molecule has 2 fully saturated rings. The minimum absolute atomic E-state index is 0.0404. The highest BCUT2D eigenvalue weighted by molar-refractivity contribution is 6.30. The summed E-state index contributed by atoms with van der Waals surface area (Å²) in [5, 5.41) is 6.65. The van der Waals surface area contributed by atoms with E-state index in [4.69, 9.17) is 26.0 Å². The number of nitrogens with zero attached hydrogens (tertiary/aromatic N) is 7. The molecule has 6 rings (SSSR count). The zero-order valence-corrected chi connectivity index (χ0v) is 22.2. The van der Waals surface area contributed by atoms with Crippen molar-refractivity contribution in [1.82, 2.24) is 34.7 Å². The van der Waals surface area contributed by atoms with Crippen molar-refractivity contribution in [2.45, 2.75) is 64.5 Å². The molecule has 1 aliphatic heterocycles. The van der Waals surface area contributed by atoms with Crippen molar-refractivity contribution < 1.29 is 8.81 Å². The van der Waals surface area contributed by atoms with Gasteiger partial charge in [-0.05, 0) is 50.5 Å². The van der Waals surface area contributed by atoms with Crippen LogP contribution in [0, 0.1) is 11.8 Å². The van der Waals surface area contributed by atoms with E-state index in [1.807, 2.05) is 0 Å². The summed E-state index contributed by atoms with van der Waals surface area (Å²) >= 11 is 6.34. The number of H-pyrrole nitrogens is 1. The normalized spacial score (nSPS) is 22.8. The Balaban J connectivity index is 1.61. The summed E-state index contributed by atoms with van der Waals surface area (Å²) in [4.78, 5) is 32.5. The minimum Gasteiger partial charge on any atom is -0.384 e. The molecule has 10 nitrogen and oxygen atoms in total. The molecule has 1 saturated carbocycles. The van der Waals surface area contributed by atoms with E-state index in [-0.39, 0.29) is 23.8 Å². The lowest BCUT2D eigenvalue weighted by molar-refractivity contribution is 0.227. The van der Waals surface area contributed by atoms with Crippen LogP contribution in [-0.4, -0.2) is 54.0 Å². The quantitative estimate of drug-likeness (QED) is 0.354. The average molecular weight is 541 g/mol. The van der Waals surface area contributed by atoms with Crippen molar-refractivity contribution in [3.63, 3.8) is 0 Å². The fraction of sp³-hybridized carbons (Fsp3) is 0.538. The molecule has 0 amide bonds. The van der Waals surface area contributed by atoms with Gasteiger partial charge in [0.05, 0.1) is 11.1 Å². The van der Waals surface area contributed by atoms with Crippen LogP contribution < -0.4 is 10.7 Å². The van der Waals surface area contributed by atoms with E-state index in [0.717, 1.165) is 43.7 Å². The Kier molecular flexibility index (Phi) is 6.63. The molecule has 200 valence electrons. The molecule has 0 radical (unpaired) electrons. The number of hydrogen-bond acceptors (Lipinski definition) is 8. The Labute approximate surface area is 223 Å². The first-order chi connectivity index (χ1) is 18.4. The van der Waals surface area contributed by atoms with Gasteiger partial charge in [0, 0.05) is 30.5 Å². The molecule has 2 aliphatic rings. The lowest BCUT2D eigenvalue weighted by Gasteiger charge is -2.34. The molecule has 0 bridgehead atoms. The Morgan fingerprint density at radius 2 is 2.00 bits per heavy atom. The summed E-state index contributed by atoms with van der Waals surface area (Å²) in [6.07, 6.45) is 9.49. The Morgan fingerprint density at radius 3 is 2.71 bits per heavy atom. The van der Waals surface area contributed by atoms with Gasteiger partial charge in [-0.2, -0.15) is 4.98 Å². The van der Waals surface area contributed by atoms with Gasteiger partial charge in [0.1, 0.15) is 17.9 Å². The highest BCUT2D eigenvalue weighted by Gasteiger charge is 2.35. The molecule has 1 unspecified atom stereocenters. The Bertz CT molecular complexity index is 1510. The molecule has 5 heterocycles. The highest BCUT2D eigenvalue weighted by atomic mass is 35.5. The van der Waals surface area contributed by atoms with Gasteiger partial charge in [0.2, 0.25) is 11.8 Å². The number of pyridine rings is 1. The lowest BCUT2D eigenvalue weighted by Crippen LogP contribution is -2.34. The first-order valence-electron chi connectivity index (χ1n) is 13.2. The fourth-order valence-electron chi connectivity index (χ4n) is 5.98. The van der Waals surface area contributed by atoms with E-state index < -0.39 is 12.4 Å². The zero-order chi connectivity index (χ0) is 26.4. The molecule has 0 spiro atoms. The van der Waals surface area contributed by atoms with Gasteiger partial charge in [-0.25, -0.2) is 24.3 Å². The second-order valence-corrected chi connectivity index (χ2v) is 11.0. The molecule has 4 aromatic rings. The van der Waals surface area contributed by atoms with Crippen LogP contribution in [0.5, 0.6) is 0 Å². The van der Waals surface area contributed by atoms with Gasteiger partial charge in [-0.1, -0.05) is 31.4 Å². The second-order valence-electron chi connectivity index (χ2n) is 10.6. The molecule has 4 aromatic heterocycles. The van der Waals surface area contributed by atoms with Crippen molar-refractivity contribution in [2.24, 2.45) is 11.8 Å². The molecule has 2 atom stereocenters. The maximum Gasteiger partial charge on any atom is 0.434 e. The largest absolute Gasteiger partial charge is 0.434 e. The number of rotatable bonds is 6. The summed E-state index contributed by atoms with van der Waals surface area (Å²) in [5.74, 6) is 1.21. The first kappa shape index (κ1) is 25.0. The van der Waals surface area contributed by atoms with Crippen molar-refractivity contribution in [2.75, 3.05) is 18.1 Å². The van der Waals surface area contributed by atoms with Crippen LogP contribution in [0.2, 0.25) is 5.02 Å². The number of nitrogens with one attached hydrogen (secondary N) is 1. The summed E-state index contributed by atoms with van der Waals surface area (Å²) in [5.41, 5.74) is 2.37. The van der Waals surface area contributed by atoms with E-state index in [1.165, 1.54) is 12.8 Å². The van der Waals surface area contributed by atoms with Crippen LogP contribution in [0.3, 0.4) is 0 Å². The molecule has 1 saturated heterocycles. The maximum absolute atomic E-state index is 14.1. The number of fused-ring (bicyclic) bond motifs is 1. The van der Waals surface area contributed by atoms with Crippen LogP contribution in [0.1, 0.15) is 58.4 Å². The third kappa shape index (κ3) is 4.46. The Hall–Kier alpha value is -3.34. The second kappa shape index (κ2) is 10.1. The number of aromatic amines is 1. The van der Waals surface area contributed by atoms with Gasteiger partial charge in [0.25, 0.3) is 5.89 Å². The van der Waals surface area contributed by atoms with E-state index in [0.29, 0.717) is 33.8 Å². The maximum atomic E-state index is 14.1. The van der Waals surface area contributed by atoms with Crippen molar-refractivity contribution in [3.8, 4) is 23.0 Å². The SMILES string of the molecule is CC1CCC(C(C)n2c(N3CCC[C@H]3CF)nc3nc(-c4n[nH]c(=O)o4)nc(-c4cncc(Cl)c4)c32)CC1. The predicted octanol–water partition coefficient (Wildman–Crippen LogP) is 5.21. The van der Waals surface area contributed by atoms with E-state index in [9.17, 15) is 9.18 Å². The van der Waals surface area contributed by atoms with Gasteiger partial charge in [-0.3, -0.25) is 4.98 Å². The van der Waals surface area contributed by atoms with Crippen LogP contribution in [0.15, 0.2) is 27.7 Å². The summed E-state index contributed by atoms with van der Waals surface area (Å²) < 4.78 is 21.5. The first-order valence-corrected chi connectivity index (χ1v) is 13.6. The van der Waals surface area contributed by atoms with E-state index in [2.05, 4.69) is 43.5 Å². The topological polar surface area (TPSA) is 119 Å². The van der Waals surface area contributed by atoms with Crippen LogP contribution >= 0.6 is 11.6 Å². The zero-order valence-electron chi connectivity index (χ0n) is 21.4. The van der Waals surface area contributed by atoms with Crippen molar-refractivity contribution >= 4 is 28.7 Å². The summed E-state index contributed by atoms with van der Waals surface area (Å²) in [6, 6.07) is 1.62. The standard InChI is InChI=1S/C26H30ClFN8O2/c1-14-5-7-16(8-6-14)15(2)36-21-20(17-10-18(27)13-29-12-17)30-23(24-33-34-26(37)38-24)31-22(21)32-25(36)35-9-3-4-19(35)11-28/h10,12-16,19H,3-9,11H2,1-2H3,(H,34,37)/t14?,15?,16?,19-/m0/s1. The molecular weight excluding hydrogens is 511 g/mol. The number of hydrogen-bond donors (Lipinski definition) is 1. The molecule has 12 heteroatoms. The Morgan fingerprint density at radius 1 is 1.18 bits per heavy atom. The highest BCUT2D eigenvalue weighted by Crippen LogP contribution is 2.42. The summed E-state index contributed by atoms with van der Waals surface area (Å²) in [6.45, 7) is 4.79. The van der Waals surface area contributed by atoms with Crippen LogP contribution in [-0.2, 0) is 0 Å². The number of imidazole rings is 1. The minimum atomic E-state index is -0.705. The number of aromatic nitrogens is 7. The fourth-order valence-corrected chi connectivity index (χ4v) is 6.16. The van der Waals surface area contributed by atoms with E-state index in [1.54, 1.807) is 18.5 Å². The molecule has 1 aliphatic carbocycles. The van der Waals surface area contributed by atoms with Crippen LogP contribution in [0.25, 0.3) is 34.1 Å². The smallest absolute Gasteiger partial charge is 0.384 e. The predicted molar refractivity (Wildman–Crippen MR) is 142 cm³/mol. The van der Waals surface area contributed by atoms with Crippen LogP contribution in [0.4, 0.5) is 10.3 Å². The van der Waals surface area contributed by atoms with Crippen molar-refractivity contribution in [1.29, 1.82) is 0 Å². The van der Waals surface area contributed by atoms with Gasteiger partial charge < -0.3 is 13.9 Å². The molecular formula is C26H30ClFN8O2. The number of alkyl halides is 1. The number of halogens is 2. The third-order valence-corrected chi connectivity index (χ3v) is 8.30. The van der Waals surface area contributed by atoms with Crippen molar-refractivity contribution in [3.05, 3.63) is 34.0 Å². The monoisotopic (exact) mass is 540 g/mol. The number of anilines is 1. The average Bonchev–Trinajstić information content (AvgIpc) is 3.65. The van der Waals surface area contributed by atoms with Gasteiger partial charge >= 0.3 is 5.76 Å². The van der Waals surface area contributed by atoms with E-state index >= 15 is 0 Å². The molecule has 1 N–H and O–H groups in total.